The number of nitrogens with zero attached hydrogens (tertiary/aromatic N) is 2. The van der Waals surface area contributed by atoms with Gasteiger partial charge in [0.1, 0.15) is 0 Å². The van der Waals surface area contributed by atoms with Crippen molar-refractivity contribution < 1.29 is 19.1 Å². The third-order valence-corrected chi connectivity index (χ3v) is 3.80. The molecule has 0 radical (unpaired) electrons. The number of rotatable bonds is 7. The topological polar surface area (TPSA) is 94.5 Å². The highest BCUT2D eigenvalue weighted by atomic mass is 16.5. The quantitative estimate of drug-likeness (QED) is 0.474. The van der Waals surface area contributed by atoms with Gasteiger partial charge in [-0.2, -0.15) is 5.10 Å². The van der Waals surface area contributed by atoms with Gasteiger partial charge in [-0.3, -0.25) is 20.4 Å². The Morgan fingerprint density at radius 3 is 2.52 bits per heavy atom. The number of hydrazine groups is 1. The highest BCUT2D eigenvalue weighted by Crippen LogP contribution is 2.25. The van der Waals surface area contributed by atoms with Crippen molar-refractivity contribution in [2.75, 3.05) is 13.7 Å². The zero-order valence-corrected chi connectivity index (χ0v) is 15.7. The van der Waals surface area contributed by atoms with Crippen molar-refractivity contribution in [2.45, 2.75) is 0 Å². The van der Waals surface area contributed by atoms with Crippen molar-refractivity contribution in [2.24, 2.45) is 0 Å². The van der Waals surface area contributed by atoms with Crippen LogP contribution < -0.4 is 20.3 Å². The first kappa shape index (κ1) is 19.7. The molecule has 8 heteroatoms. The van der Waals surface area contributed by atoms with E-state index in [1.54, 1.807) is 47.4 Å². The zero-order valence-electron chi connectivity index (χ0n) is 15.7. The molecule has 0 aliphatic rings. The van der Waals surface area contributed by atoms with Crippen molar-refractivity contribution >= 4 is 17.9 Å². The van der Waals surface area contributed by atoms with Crippen LogP contribution in [-0.4, -0.2) is 35.3 Å². The Kier molecular flexibility index (Phi) is 6.62. The lowest BCUT2D eigenvalue weighted by Gasteiger charge is -2.10. The Morgan fingerprint density at radius 1 is 1.03 bits per heavy atom. The fraction of sp³-hybridized carbons (Fsp3) is 0.0952. The van der Waals surface area contributed by atoms with Crippen LogP contribution in [0.25, 0.3) is 11.8 Å². The van der Waals surface area contributed by atoms with Crippen molar-refractivity contribution in [1.29, 1.82) is 0 Å². The summed E-state index contributed by atoms with van der Waals surface area (Å²) in [6, 6.07) is 16.6. The molecule has 2 aromatic carbocycles. The summed E-state index contributed by atoms with van der Waals surface area (Å²) in [6.07, 6.45) is 6.32. The van der Waals surface area contributed by atoms with Crippen molar-refractivity contribution in [3.8, 4) is 17.2 Å². The van der Waals surface area contributed by atoms with Crippen LogP contribution in [0.2, 0.25) is 0 Å². The number of amides is 2. The minimum atomic E-state index is -0.505. The van der Waals surface area contributed by atoms with Gasteiger partial charge < -0.3 is 9.47 Å². The summed E-state index contributed by atoms with van der Waals surface area (Å²) < 4.78 is 12.2. The molecule has 1 heterocycles. The third kappa shape index (κ3) is 5.70. The van der Waals surface area contributed by atoms with Crippen LogP contribution in [0.1, 0.15) is 5.56 Å². The average Bonchev–Trinajstić information content (AvgIpc) is 3.24. The number of methoxy groups -OCH3 is 1. The van der Waals surface area contributed by atoms with E-state index in [1.807, 2.05) is 30.3 Å². The SMILES string of the molecule is COc1ccccc1OCC(=O)NNC(=O)/C=C/c1cnn(-c2ccccc2)c1. The molecule has 2 amide bonds. The van der Waals surface area contributed by atoms with Gasteiger partial charge in [0.25, 0.3) is 11.8 Å². The molecular weight excluding hydrogens is 372 g/mol. The predicted octanol–water partition coefficient (Wildman–Crippen LogP) is 2.12. The van der Waals surface area contributed by atoms with Gasteiger partial charge in [-0.15, -0.1) is 0 Å². The first-order valence-corrected chi connectivity index (χ1v) is 8.78. The molecule has 0 bridgehead atoms. The summed E-state index contributed by atoms with van der Waals surface area (Å²) in [5, 5.41) is 4.24. The largest absolute Gasteiger partial charge is 0.493 e. The number of carbonyl (C=O) groups excluding carboxylic acids is 2. The van der Waals surface area contributed by atoms with Gasteiger partial charge in [0.05, 0.1) is 19.0 Å². The molecule has 0 unspecified atom stereocenters. The van der Waals surface area contributed by atoms with Gasteiger partial charge in [0.15, 0.2) is 18.1 Å². The van der Waals surface area contributed by atoms with E-state index < -0.39 is 11.8 Å². The molecule has 0 aliphatic carbocycles. The van der Waals surface area contributed by atoms with Crippen molar-refractivity contribution in [1.82, 2.24) is 20.6 Å². The Hall–Kier alpha value is -4.07. The number of hydrogen-bond donors (Lipinski definition) is 2. The standard InChI is InChI=1S/C21H20N4O4/c1-28-18-9-5-6-10-19(18)29-15-21(27)24-23-20(26)12-11-16-13-22-25(14-16)17-7-3-2-4-8-17/h2-14H,15H2,1H3,(H,23,26)(H,24,27)/b12-11+. The van der Waals surface area contributed by atoms with E-state index >= 15 is 0 Å². The van der Waals surface area contributed by atoms with E-state index in [2.05, 4.69) is 16.0 Å². The van der Waals surface area contributed by atoms with E-state index in [0.717, 1.165) is 11.3 Å². The second-order valence-electron chi connectivity index (χ2n) is 5.86. The minimum Gasteiger partial charge on any atom is -0.493 e. The van der Waals surface area contributed by atoms with E-state index in [0.29, 0.717) is 11.5 Å². The van der Waals surface area contributed by atoms with E-state index in [9.17, 15) is 9.59 Å². The normalized spacial score (nSPS) is 10.5. The molecule has 3 rings (SSSR count). The van der Waals surface area contributed by atoms with Crippen LogP contribution >= 0.6 is 0 Å². The van der Waals surface area contributed by atoms with Crippen molar-refractivity contribution in [3.63, 3.8) is 0 Å². The molecule has 2 N–H and O–H groups in total. The third-order valence-electron chi connectivity index (χ3n) is 3.80. The predicted molar refractivity (Wildman–Crippen MR) is 107 cm³/mol. The Balaban J connectivity index is 1.45. The van der Waals surface area contributed by atoms with Gasteiger partial charge in [-0.25, -0.2) is 4.68 Å². The number of carbonyl (C=O) groups is 2. The summed E-state index contributed by atoms with van der Waals surface area (Å²) in [5.74, 6) is -0.0345. The van der Waals surface area contributed by atoms with Gasteiger partial charge >= 0.3 is 0 Å². The number of aromatic nitrogens is 2. The maximum Gasteiger partial charge on any atom is 0.276 e. The molecule has 29 heavy (non-hydrogen) atoms. The smallest absolute Gasteiger partial charge is 0.276 e. The Morgan fingerprint density at radius 2 is 1.76 bits per heavy atom. The van der Waals surface area contributed by atoms with Gasteiger partial charge in [0, 0.05) is 17.8 Å². The second-order valence-corrected chi connectivity index (χ2v) is 5.86. The lowest BCUT2D eigenvalue weighted by molar-refractivity contribution is -0.128. The summed E-state index contributed by atoms with van der Waals surface area (Å²) in [4.78, 5) is 23.7. The maximum absolute atomic E-state index is 11.9. The molecule has 0 spiro atoms. The Bertz CT molecular complexity index is 999. The molecule has 0 saturated carbocycles. The molecule has 3 aromatic rings. The number of para-hydroxylation sites is 3. The van der Waals surface area contributed by atoms with Crippen LogP contribution in [0, 0.1) is 0 Å². The van der Waals surface area contributed by atoms with E-state index in [1.165, 1.54) is 13.2 Å². The summed E-state index contributed by atoms with van der Waals surface area (Å²) in [7, 11) is 1.51. The molecule has 148 valence electrons. The van der Waals surface area contributed by atoms with Crippen LogP contribution in [0.5, 0.6) is 11.5 Å². The average molecular weight is 392 g/mol. The van der Waals surface area contributed by atoms with Crippen LogP contribution in [0.4, 0.5) is 0 Å². The fourth-order valence-electron chi connectivity index (χ4n) is 2.41. The van der Waals surface area contributed by atoms with Crippen molar-refractivity contribution in [3.05, 3.63) is 78.6 Å². The Labute approximate surface area is 167 Å². The molecule has 0 saturated heterocycles. The summed E-state index contributed by atoms with van der Waals surface area (Å²) in [6.45, 7) is -0.270. The zero-order chi connectivity index (χ0) is 20.5. The summed E-state index contributed by atoms with van der Waals surface area (Å²) in [5.41, 5.74) is 6.23. The maximum atomic E-state index is 11.9. The van der Waals surface area contributed by atoms with Gasteiger partial charge in [-0.1, -0.05) is 30.3 Å². The lowest BCUT2D eigenvalue weighted by atomic mass is 10.3. The van der Waals surface area contributed by atoms with Crippen LogP contribution in [0.15, 0.2) is 73.1 Å². The number of ether oxygens (including phenoxy) is 2. The fourth-order valence-corrected chi connectivity index (χ4v) is 2.41. The van der Waals surface area contributed by atoms with Crippen LogP contribution in [0.3, 0.4) is 0 Å². The molecular formula is C21H20N4O4. The first-order chi connectivity index (χ1) is 14.2. The summed E-state index contributed by atoms with van der Waals surface area (Å²) >= 11 is 0. The van der Waals surface area contributed by atoms with Gasteiger partial charge in [0.2, 0.25) is 0 Å². The molecule has 0 atom stereocenters. The molecule has 0 aliphatic heterocycles. The van der Waals surface area contributed by atoms with Gasteiger partial charge in [-0.05, 0) is 30.3 Å². The highest BCUT2D eigenvalue weighted by Gasteiger charge is 2.07. The van der Waals surface area contributed by atoms with E-state index in [4.69, 9.17) is 9.47 Å². The molecule has 0 fully saturated rings. The highest BCUT2D eigenvalue weighted by molar-refractivity contribution is 5.93. The minimum absolute atomic E-state index is 0.270. The van der Waals surface area contributed by atoms with E-state index in [-0.39, 0.29) is 6.61 Å². The first-order valence-electron chi connectivity index (χ1n) is 8.78. The molecule has 1 aromatic heterocycles. The molecule has 8 nitrogen and oxygen atoms in total. The lowest BCUT2D eigenvalue weighted by Crippen LogP contribution is -2.43. The number of nitrogens with one attached hydrogen (secondary N) is 2. The number of benzene rings is 2. The number of hydrogen-bond acceptors (Lipinski definition) is 5. The van der Waals surface area contributed by atoms with Crippen LogP contribution in [-0.2, 0) is 9.59 Å². The second kappa shape index (κ2) is 9.75. The monoisotopic (exact) mass is 392 g/mol.